The van der Waals surface area contributed by atoms with Gasteiger partial charge < -0.3 is 15.8 Å². The molecule has 27 heavy (non-hydrogen) atoms. The van der Waals surface area contributed by atoms with E-state index in [4.69, 9.17) is 23.1 Å². The first-order valence-electron chi connectivity index (χ1n) is 7.46. The number of carbonyl (C=O) groups excluding carboxylic acids is 1. The fourth-order valence-corrected chi connectivity index (χ4v) is 3.71. The minimum atomic E-state index is -1.15. The van der Waals surface area contributed by atoms with Crippen LogP contribution in [0.5, 0.6) is 0 Å². The average molecular weight is 404 g/mol. The highest BCUT2D eigenvalue weighted by atomic mass is 32.2. The highest BCUT2D eigenvalue weighted by Gasteiger charge is 2.33. The number of nitrogens with one attached hydrogen (secondary N) is 1. The summed E-state index contributed by atoms with van der Waals surface area (Å²) in [7, 11) is 0. The molecule has 2 heterocycles. The molecule has 1 aliphatic rings. The number of thioether (sulfide) groups is 1. The Kier molecular flexibility index (Phi) is 4.97. The lowest BCUT2D eigenvalue weighted by Gasteiger charge is -2.10. The van der Waals surface area contributed by atoms with Crippen molar-refractivity contribution in [2.24, 2.45) is 0 Å². The summed E-state index contributed by atoms with van der Waals surface area (Å²) in [6.45, 7) is -0.486. The standard InChI is InChI=1S/C16H12N4O5S2/c17-10-5-8(1-4-12(10)20(24)25)11-3-2-9(18-11)6-13-15(23)19(7-14(21)22)16(26)27-13/h1-6,18H,7,17H2,(H,21,22). The van der Waals surface area contributed by atoms with Crippen molar-refractivity contribution in [1.82, 2.24) is 9.88 Å². The monoisotopic (exact) mass is 404 g/mol. The summed E-state index contributed by atoms with van der Waals surface area (Å²) in [5.74, 6) is -1.62. The maximum Gasteiger partial charge on any atom is 0.323 e. The Morgan fingerprint density at radius 3 is 2.78 bits per heavy atom. The second-order valence-corrected chi connectivity index (χ2v) is 7.20. The van der Waals surface area contributed by atoms with E-state index in [0.29, 0.717) is 21.9 Å². The first kappa shape index (κ1) is 18.6. The van der Waals surface area contributed by atoms with Gasteiger partial charge in [-0.3, -0.25) is 24.6 Å². The van der Waals surface area contributed by atoms with Crippen LogP contribution < -0.4 is 5.73 Å². The normalized spacial score (nSPS) is 15.6. The van der Waals surface area contributed by atoms with Crippen LogP contribution in [0.3, 0.4) is 0 Å². The van der Waals surface area contributed by atoms with E-state index in [9.17, 15) is 19.7 Å². The van der Waals surface area contributed by atoms with Gasteiger partial charge >= 0.3 is 5.97 Å². The lowest BCUT2D eigenvalue weighted by atomic mass is 10.1. The molecule has 9 nitrogen and oxygen atoms in total. The minimum Gasteiger partial charge on any atom is -0.480 e. The number of anilines is 1. The van der Waals surface area contributed by atoms with Crippen LogP contribution in [0.15, 0.2) is 35.2 Å². The smallest absolute Gasteiger partial charge is 0.323 e. The third kappa shape index (κ3) is 3.83. The first-order valence-corrected chi connectivity index (χ1v) is 8.69. The molecule has 0 bridgehead atoms. The van der Waals surface area contributed by atoms with E-state index in [2.05, 4.69) is 4.98 Å². The zero-order valence-electron chi connectivity index (χ0n) is 13.5. The minimum absolute atomic E-state index is 0.0446. The molecule has 1 aliphatic heterocycles. The number of carboxylic acid groups (broad SMARTS) is 1. The third-order valence-electron chi connectivity index (χ3n) is 3.70. The highest BCUT2D eigenvalue weighted by Crippen LogP contribution is 2.33. The number of carboxylic acids is 1. The molecule has 1 aromatic carbocycles. The van der Waals surface area contributed by atoms with Crippen molar-refractivity contribution in [3.05, 3.63) is 51.0 Å². The zero-order chi connectivity index (χ0) is 19.7. The Bertz CT molecular complexity index is 1010. The Morgan fingerprint density at radius 1 is 1.41 bits per heavy atom. The van der Waals surface area contributed by atoms with Crippen LogP contribution in [-0.4, -0.2) is 42.7 Å². The van der Waals surface area contributed by atoms with E-state index in [1.165, 1.54) is 12.1 Å². The number of hydrogen-bond acceptors (Lipinski definition) is 7. The molecule has 0 unspecified atom stereocenters. The van der Waals surface area contributed by atoms with E-state index in [1.54, 1.807) is 24.3 Å². The molecule has 1 saturated heterocycles. The van der Waals surface area contributed by atoms with E-state index in [1.807, 2.05) is 0 Å². The van der Waals surface area contributed by atoms with Gasteiger partial charge in [0.2, 0.25) is 0 Å². The molecule has 0 aliphatic carbocycles. The van der Waals surface area contributed by atoms with Crippen LogP contribution in [0, 0.1) is 10.1 Å². The molecule has 2 aromatic rings. The van der Waals surface area contributed by atoms with Gasteiger partial charge in [0.1, 0.15) is 16.6 Å². The number of amides is 1. The largest absolute Gasteiger partial charge is 0.480 e. The second kappa shape index (κ2) is 7.21. The Morgan fingerprint density at radius 2 is 2.15 bits per heavy atom. The molecular formula is C16H12N4O5S2. The molecule has 3 rings (SSSR count). The fourth-order valence-electron chi connectivity index (χ4n) is 2.47. The summed E-state index contributed by atoms with van der Waals surface area (Å²) in [4.78, 5) is 37.8. The number of nitrogen functional groups attached to an aromatic ring is 1. The van der Waals surface area contributed by atoms with Gasteiger partial charge in [0.15, 0.2) is 0 Å². The number of nitrogens with zero attached hydrogens (tertiary/aromatic N) is 2. The van der Waals surface area contributed by atoms with Gasteiger partial charge in [-0.2, -0.15) is 0 Å². The molecular weight excluding hydrogens is 392 g/mol. The third-order valence-corrected chi connectivity index (χ3v) is 5.08. The Hall–Kier alpha value is -3.18. The zero-order valence-corrected chi connectivity index (χ0v) is 15.2. The van der Waals surface area contributed by atoms with Crippen molar-refractivity contribution in [3.63, 3.8) is 0 Å². The number of hydrogen-bond donors (Lipinski definition) is 3. The number of benzene rings is 1. The van der Waals surface area contributed by atoms with Crippen molar-refractivity contribution in [1.29, 1.82) is 0 Å². The van der Waals surface area contributed by atoms with Crippen LogP contribution in [0.1, 0.15) is 5.69 Å². The van der Waals surface area contributed by atoms with Gasteiger partial charge in [-0.25, -0.2) is 0 Å². The quantitative estimate of drug-likeness (QED) is 0.227. The SMILES string of the molecule is Nc1cc(-c2ccc(C=C3SC(=S)N(CC(=O)O)C3=O)[nH]2)ccc1[N+](=O)[O-]. The van der Waals surface area contributed by atoms with Gasteiger partial charge in [-0.1, -0.05) is 24.0 Å². The average Bonchev–Trinajstić information content (AvgIpc) is 3.15. The topological polar surface area (TPSA) is 143 Å². The lowest BCUT2D eigenvalue weighted by Crippen LogP contribution is -2.33. The number of aliphatic carboxylic acids is 1. The van der Waals surface area contributed by atoms with Crippen molar-refractivity contribution >= 4 is 57.6 Å². The summed E-state index contributed by atoms with van der Waals surface area (Å²) in [6.07, 6.45) is 1.57. The number of carbonyl (C=O) groups is 2. The molecule has 1 amide bonds. The summed E-state index contributed by atoms with van der Waals surface area (Å²) < 4.78 is 0.184. The lowest BCUT2D eigenvalue weighted by molar-refractivity contribution is -0.383. The van der Waals surface area contributed by atoms with Crippen molar-refractivity contribution in [2.75, 3.05) is 12.3 Å². The fraction of sp³-hybridized carbons (Fsp3) is 0.0625. The summed E-state index contributed by atoms with van der Waals surface area (Å²) in [5, 5.41) is 19.7. The molecule has 1 aromatic heterocycles. The van der Waals surface area contributed by atoms with E-state index in [-0.39, 0.29) is 15.7 Å². The van der Waals surface area contributed by atoms with E-state index in [0.717, 1.165) is 16.7 Å². The molecule has 0 radical (unpaired) electrons. The molecule has 11 heteroatoms. The van der Waals surface area contributed by atoms with Crippen LogP contribution >= 0.6 is 24.0 Å². The molecule has 4 N–H and O–H groups in total. The van der Waals surface area contributed by atoms with E-state index < -0.39 is 23.3 Å². The first-order chi connectivity index (χ1) is 12.8. The number of nitrogens with two attached hydrogens (primary N) is 1. The maximum absolute atomic E-state index is 12.3. The number of aromatic amines is 1. The molecule has 0 atom stereocenters. The number of rotatable bonds is 5. The van der Waals surface area contributed by atoms with Crippen molar-refractivity contribution in [2.45, 2.75) is 0 Å². The molecule has 138 valence electrons. The Labute approximate surface area is 162 Å². The Balaban J connectivity index is 1.84. The van der Waals surface area contributed by atoms with Crippen molar-refractivity contribution in [3.8, 4) is 11.3 Å². The van der Waals surface area contributed by atoms with Crippen molar-refractivity contribution < 1.29 is 19.6 Å². The summed E-state index contributed by atoms with van der Waals surface area (Å²) >= 11 is 6.07. The molecule has 0 spiro atoms. The number of nitro benzene ring substituents is 1. The summed E-state index contributed by atoms with van der Waals surface area (Å²) in [6, 6.07) is 7.83. The highest BCUT2D eigenvalue weighted by molar-refractivity contribution is 8.26. The van der Waals surface area contributed by atoms with Crippen LogP contribution in [-0.2, 0) is 9.59 Å². The predicted octanol–water partition coefficient (Wildman–Crippen LogP) is 2.46. The number of thiocarbonyl (C=S) groups is 1. The van der Waals surface area contributed by atoms with Gasteiger partial charge in [0, 0.05) is 23.0 Å². The van der Waals surface area contributed by atoms with Crippen LogP contribution in [0.25, 0.3) is 17.3 Å². The van der Waals surface area contributed by atoms with Gasteiger partial charge in [0.25, 0.3) is 11.6 Å². The van der Waals surface area contributed by atoms with Gasteiger partial charge in [-0.15, -0.1) is 0 Å². The van der Waals surface area contributed by atoms with E-state index >= 15 is 0 Å². The van der Waals surface area contributed by atoms with Crippen LogP contribution in [0.2, 0.25) is 0 Å². The number of aromatic nitrogens is 1. The predicted molar refractivity (Wildman–Crippen MR) is 105 cm³/mol. The van der Waals surface area contributed by atoms with Crippen LogP contribution in [0.4, 0.5) is 11.4 Å². The molecule has 1 fully saturated rings. The number of nitro groups is 1. The van der Waals surface area contributed by atoms with Gasteiger partial charge in [0.05, 0.1) is 9.83 Å². The van der Waals surface area contributed by atoms with Gasteiger partial charge in [-0.05, 0) is 30.3 Å². The second-order valence-electron chi connectivity index (χ2n) is 5.52. The molecule has 0 saturated carbocycles. The summed E-state index contributed by atoms with van der Waals surface area (Å²) in [5.41, 5.74) is 7.48. The number of H-pyrrole nitrogens is 1. The maximum atomic E-state index is 12.3.